The molecule has 0 aliphatic rings. The van der Waals surface area contributed by atoms with Crippen LogP contribution in [0.2, 0.25) is 0 Å². The van der Waals surface area contributed by atoms with Crippen LogP contribution in [0.15, 0.2) is 85.1 Å². The lowest BCUT2D eigenvalue weighted by molar-refractivity contribution is -0.167. The van der Waals surface area contributed by atoms with Gasteiger partial charge in [0.15, 0.2) is 6.10 Å². The van der Waals surface area contributed by atoms with Crippen molar-refractivity contribution in [2.45, 2.75) is 284 Å². The molecule has 0 aromatic rings. The van der Waals surface area contributed by atoms with Gasteiger partial charge in [0.05, 0.1) is 0 Å². The van der Waals surface area contributed by atoms with Crippen molar-refractivity contribution in [1.29, 1.82) is 0 Å². The van der Waals surface area contributed by atoms with Crippen LogP contribution in [-0.2, 0) is 28.6 Å². The minimum Gasteiger partial charge on any atom is -0.462 e. The molecule has 0 aliphatic heterocycles. The first-order chi connectivity index (χ1) is 34.0. The first-order valence-corrected chi connectivity index (χ1v) is 29.1. The van der Waals surface area contributed by atoms with Gasteiger partial charge in [0.1, 0.15) is 13.2 Å². The average molecular weight is 962 g/mol. The molecule has 0 saturated heterocycles. The quantitative estimate of drug-likeness (QED) is 0.0262. The van der Waals surface area contributed by atoms with Crippen molar-refractivity contribution >= 4 is 17.9 Å². The summed E-state index contributed by atoms with van der Waals surface area (Å²) >= 11 is 0. The van der Waals surface area contributed by atoms with Gasteiger partial charge in [-0.15, -0.1) is 0 Å². The maximum Gasteiger partial charge on any atom is 0.306 e. The molecule has 69 heavy (non-hydrogen) atoms. The lowest BCUT2D eigenvalue weighted by atomic mass is 10.0. The van der Waals surface area contributed by atoms with Crippen molar-refractivity contribution in [2.75, 3.05) is 13.2 Å². The highest BCUT2D eigenvalue weighted by Gasteiger charge is 2.19. The van der Waals surface area contributed by atoms with Gasteiger partial charge >= 0.3 is 17.9 Å². The fourth-order valence-corrected chi connectivity index (χ4v) is 8.07. The summed E-state index contributed by atoms with van der Waals surface area (Å²) in [7, 11) is 0. The number of allylic oxidation sites excluding steroid dienone is 14. The molecule has 0 rings (SSSR count). The number of carbonyl (C=O) groups is 3. The maximum absolute atomic E-state index is 12.8. The van der Waals surface area contributed by atoms with E-state index in [2.05, 4.69) is 106 Å². The summed E-state index contributed by atoms with van der Waals surface area (Å²) in [4.78, 5) is 37.8. The fraction of sp³-hybridized carbons (Fsp3) is 0.730. The number of unbranched alkanes of at least 4 members (excludes halogenated alkanes) is 27. The van der Waals surface area contributed by atoms with Crippen LogP contribution < -0.4 is 0 Å². The third kappa shape index (κ3) is 55.4. The summed E-state index contributed by atoms with van der Waals surface area (Å²) < 4.78 is 16.7. The van der Waals surface area contributed by atoms with E-state index < -0.39 is 6.10 Å². The van der Waals surface area contributed by atoms with Crippen molar-refractivity contribution in [3.05, 3.63) is 85.1 Å². The van der Waals surface area contributed by atoms with Gasteiger partial charge in [-0.25, -0.2) is 0 Å². The number of ether oxygens (including phenoxy) is 3. The molecule has 0 radical (unpaired) electrons. The zero-order chi connectivity index (χ0) is 50.0. The van der Waals surface area contributed by atoms with Crippen molar-refractivity contribution < 1.29 is 28.6 Å². The van der Waals surface area contributed by atoms with Gasteiger partial charge in [-0.05, 0) is 77.0 Å². The van der Waals surface area contributed by atoms with Crippen LogP contribution in [0.3, 0.4) is 0 Å². The highest BCUT2D eigenvalue weighted by atomic mass is 16.6. The normalized spacial score (nSPS) is 12.7. The Hall–Kier alpha value is -3.41. The molecule has 1 unspecified atom stereocenters. The van der Waals surface area contributed by atoms with E-state index in [0.717, 1.165) is 128 Å². The minimum atomic E-state index is -0.779. The average Bonchev–Trinajstić information content (AvgIpc) is 3.35. The molecule has 6 heteroatoms. The summed E-state index contributed by atoms with van der Waals surface area (Å²) in [6.45, 7) is 6.45. The van der Waals surface area contributed by atoms with Gasteiger partial charge in [-0.1, -0.05) is 266 Å². The molecule has 0 bridgehead atoms. The number of esters is 3. The second kappa shape index (κ2) is 57.2. The van der Waals surface area contributed by atoms with E-state index in [9.17, 15) is 14.4 Å². The number of rotatable bonds is 52. The molecule has 0 aromatic heterocycles. The van der Waals surface area contributed by atoms with Crippen LogP contribution >= 0.6 is 0 Å². The number of carbonyl (C=O) groups excluding carboxylic acids is 3. The van der Waals surface area contributed by atoms with Gasteiger partial charge < -0.3 is 14.2 Å². The van der Waals surface area contributed by atoms with E-state index in [1.807, 2.05) is 0 Å². The maximum atomic E-state index is 12.8. The van der Waals surface area contributed by atoms with Crippen LogP contribution in [0.25, 0.3) is 0 Å². The first-order valence-electron chi connectivity index (χ1n) is 29.1. The van der Waals surface area contributed by atoms with Crippen LogP contribution in [0.4, 0.5) is 0 Å². The van der Waals surface area contributed by atoms with Crippen LogP contribution in [-0.4, -0.2) is 37.2 Å². The van der Waals surface area contributed by atoms with Crippen molar-refractivity contribution in [3.63, 3.8) is 0 Å². The number of hydrogen-bond acceptors (Lipinski definition) is 6. The van der Waals surface area contributed by atoms with E-state index in [0.29, 0.717) is 19.3 Å². The summed E-state index contributed by atoms with van der Waals surface area (Å²) in [5.41, 5.74) is 0. The van der Waals surface area contributed by atoms with Crippen LogP contribution in [0.1, 0.15) is 278 Å². The standard InChI is InChI=1S/C63H108O6/c1-4-7-10-13-15-17-19-21-23-25-27-28-29-30-31-32-33-34-36-37-39-41-43-45-47-50-53-56-62(65)68-59-60(58-67-61(64)55-52-49-12-9-6-3)69-63(66)57-54-51-48-46-44-42-40-38-35-26-24-22-20-18-16-14-11-8-5-2/h7,10,15,17,21,23,27-28,30-31,33-34,37,39,60H,4-6,8-9,11-14,16,18-20,22,24-26,29,32,35-36,38,40-59H2,1-3H3/b10-7-,17-15-,23-21-,28-27-,31-30-,34-33-,39-37-. The lowest BCUT2D eigenvalue weighted by Crippen LogP contribution is -2.30. The molecule has 1 atom stereocenters. The van der Waals surface area contributed by atoms with Gasteiger partial charge in [0, 0.05) is 19.3 Å². The minimum absolute atomic E-state index is 0.0815. The van der Waals surface area contributed by atoms with Gasteiger partial charge in [-0.2, -0.15) is 0 Å². The zero-order valence-electron chi connectivity index (χ0n) is 45.3. The van der Waals surface area contributed by atoms with E-state index in [4.69, 9.17) is 14.2 Å². The van der Waals surface area contributed by atoms with Gasteiger partial charge in [-0.3, -0.25) is 14.4 Å². The highest BCUT2D eigenvalue weighted by molar-refractivity contribution is 5.71. The first kappa shape index (κ1) is 65.6. The molecule has 0 aromatic carbocycles. The molecule has 0 spiro atoms. The molecule has 0 heterocycles. The summed E-state index contributed by atoms with van der Waals surface area (Å²) in [6, 6.07) is 0. The van der Waals surface area contributed by atoms with Crippen LogP contribution in [0, 0.1) is 0 Å². The third-order valence-corrected chi connectivity index (χ3v) is 12.4. The molecular formula is C63H108O6. The van der Waals surface area contributed by atoms with E-state index in [-0.39, 0.29) is 31.1 Å². The Morgan fingerprint density at radius 3 is 0.884 bits per heavy atom. The molecule has 0 amide bonds. The molecule has 6 nitrogen and oxygen atoms in total. The van der Waals surface area contributed by atoms with Gasteiger partial charge in [0.25, 0.3) is 0 Å². The Morgan fingerprint density at radius 1 is 0.304 bits per heavy atom. The largest absolute Gasteiger partial charge is 0.462 e. The fourth-order valence-electron chi connectivity index (χ4n) is 8.07. The Bertz CT molecular complexity index is 1330. The van der Waals surface area contributed by atoms with Crippen LogP contribution in [0.5, 0.6) is 0 Å². The van der Waals surface area contributed by atoms with Crippen molar-refractivity contribution in [2.24, 2.45) is 0 Å². The van der Waals surface area contributed by atoms with Crippen molar-refractivity contribution in [1.82, 2.24) is 0 Å². The summed E-state index contributed by atoms with van der Waals surface area (Å²) in [5, 5.41) is 0. The topological polar surface area (TPSA) is 78.9 Å². The van der Waals surface area contributed by atoms with E-state index >= 15 is 0 Å². The third-order valence-electron chi connectivity index (χ3n) is 12.4. The Kier molecular flexibility index (Phi) is 54.3. The summed E-state index contributed by atoms with van der Waals surface area (Å²) in [6.07, 6.45) is 74.8. The second-order valence-electron chi connectivity index (χ2n) is 19.2. The molecule has 396 valence electrons. The lowest BCUT2D eigenvalue weighted by Gasteiger charge is -2.18. The van der Waals surface area contributed by atoms with Crippen molar-refractivity contribution in [3.8, 4) is 0 Å². The highest BCUT2D eigenvalue weighted by Crippen LogP contribution is 2.16. The molecule has 0 saturated carbocycles. The summed E-state index contributed by atoms with van der Waals surface area (Å²) in [5.74, 6) is -0.908. The predicted molar refractivity (Wildman–Crippen MR) is 297 cm³/mol. The predicted octanol–water partition coefficient (Wildman–Crippen LogP) is 19.5. The Labute approximate surface area is 426 Å². The number of hydrogen-bond donors (Lipinski definition) is 0. The monoisotopic (exact) mass is 961 g/mol. The zero-order valence-corrected chi connectivity index (χ0v) is 45.3. The smallest absolute Gasteiger partial charge is 0.306 e. The molecular weight excluding hydrogens is 853 g/mol. The Balaban J connectivity index is 4.14. The second-order valence-corrected chi connectivity index (χ2v) is 19.2. The SMILES string of the molecule is CC/C=C\C/C=C\C/C=C\C/C=C\C/C=C\C/C=C\C/C=C\CCCCCCCC(=O)OCC(COC(=O)CCCCCCC)OC(=O)CCCCCCCCCCCCCCCCCCCCC. The van der Waals surface area contributed by atoms with Gasteiger partial charge in [0.2, 0.25) is 0 Å². The van der Waals surface area contributed by atoms with E-state index in [1.54, 1.807) is 0 Å². The molecule has 0 fully saturated rings. The molecule has 0 N–H and O–H groups in total. The Morgan fingerprint density at radius 2 is 0.565 bits per heavy atom. The molecule has 0 aliphatic carbocycles. The van der Waals surface area contributed by atoms with E-state index in [1.165, 1.54) is 109 Å².